The number of methoxy groups -OCH3 is 1. The van der Waals surface area contributed by atoms with Gasteiger partial charge in [0.25, 0.3) is 0 Å². The zero-order chi connectivity index (χ0) is 38.2. The molecule has 1 heterocycles. The number of aliphatic hydroxyl groups is 2. The number of hydrogen-bond donors (Lipinski definition) is 5. The number of amides is 1. The molecule has 0 bridgehead atoms. The summed E-state index contributed by atoms with van der Waals surface area (Å²) in [5, 5.41) is 39.4. The topological polar surface area (TPSA) is 220 Å². The highest BCUT2D eigenvalue weighted by atomic mass is 16.6. The van der Waals surface area contributed by atoms with E-state index in [1.165, 1.54) is 19.6 Å². The van der Waals surface area contributed by atoms with Gasteiger partial charge in [0, 0.05) is 42.1 Å². The highest BCUT2D eigenvalue weighted by molar-refractivity contribution is 6.31. The van der Waals surface area contributed by atoms with Gasteiger partial charge in [-0.25, -0.2) is 4.79 Å². The highest BCUT2D eigenvalue weighted by Gasteiger charge is 2.41. The van der Waals surface area contributed by atoms with Crippen LogP contribution in [-0.2, 0) is 31.9 Å². The first-order chi connectivity index (χ1) is 24.4. The third-order valence-electron chi connectivity index (χ3n) is 8.51. The Kier molecular flexibility index (Phi) is 17.7. The van der Waals surface area contributed by atoms with Crippen LogP contribution in [0, 0.1) is 5.92 Å². The molecule has 0 aromatic heterocycles. The zero-order valence-corrected chi connectivity index (χ0v) is 30.3. The number of aromatic hydroxyl groups is 2. The fourth-order valence-corrected chi connectivity index (χ4v) is 6.18. The van der Waals surface area contributed by atoms with Crippen LogP contribution >= 0.6 is 0 Å². The van der Waals surface area contributed by atoms with Crippen molar-refractivity contribution < 1.29 is 58.6 Å². The lowest BCUT2D eigenvalue weighted by molar-refractivity contribution is -0.126. The van der Waals surface area contributed by atoms with Gasteiger partial charge < -0.3 is 40.4 Å². The number of aliphatic hydroxyl groups excluding tert-OH is 2. The Balaban J connectivity index is 0.000000320. The summed E-state index contributed by atoms with van der Waals surface area (Å²) < 4.78 is 14.7. The molecule has 13 heteroatoms. The molecule has 1 saturated carbocycles. The van der Waals surface area contributed by atoms with Crippen LogP contribution in [0.15, 0.2) is 18.2 Å². The number of carbonyl (C=O) groups excluding carboxylic acids is 5. The Morgan fingerprint density at radius 2 is 1.53 bits per heavy atom. The Hall–Kier alpha value is -4.33. The second-order valence-electron chi connectivity index (χ2n) is 12.2. The molecule has 0 radical (unpaired) electrons. The Labute approximate surface area is 299 Å². The largest absolute Gasteiger partial charge is 0.507 e. The summed E-state index contributed by atoms with van der Waals surface area (Å²) in [6, 6.07) is 4.59. The lowest BCUT2D eigenvalue weighted by Crippen LogP contribution is -2.28. The molecule has 282 valence electrons. The molecule has 2 aromatic rings. The van der Waals surface area contributed by atoms with Crippen LogP contribution in [0.1, 0.15) is 128 Å². The third-order valence-corrected chi connectivity index (χ3v) is 8.51. The summed E-state index contributed by atoms with van der Waals surface area (Å²) >= 11 is 0. The number of Topliss-reactive ketones (excluding diaryl/α,β-unsaturated/α-hetero) is 2. The standard InChI is InChI=1S/C21H18O7.C7H11NO3.C5H10O2.C3H8.C2H6/c1-28-14-4-2-3-11-15(14)21(27)17-16(19(11)25)20(26)12-7-9(13(23)8-22)5-6-10(12)18(17)24;8-7(10)11-6-3-1-2-5(9)4-6;6-5-3-1-2-4-7-5;1-3-2;1-2/h2-4,9,22,24,26H,5-8H2,1H3;6H,1-4H2,(H2,8,10);5-6H,1-4H2;3H2,1-2H3;1-2H3. The fourth-order valence-electron chi connectivity index (χ4n) is 6.18. The predicted molar refractivity (Wildman–Crippen MR) is 188 cm³/mol. The minimum Gasteiger partial charge on any atom is -0.507 e. The first kappa shape index (κ1) is 42.8. The molecule has 13 nitrogen and oxygen atoms in total. The van der Waals surface area contributed by atoms with Gasteiger partial charge in [0.05, 0.1) is 23.8 Å². The van der Waals surface area contributed by atoms with Crippen molar-refractivity contribution in [1.82, 2.24) is 0 Å². The van der Waals surface area contributed by atoms with Gasteiger partial charge in [0.2, 0.25) is 5.78 Å². The summed E-state index contributed by atoms with van der Waals surface area (Å²) in [6.07, 6.45) is 5.99. The van der Waals surface area contributed by atoms with E-state index >= 15 is 0 Å². The lowest BCUT2D eigenvalue weighted by atomic mass is 9.75. The number of ketones is 4. The van der Waals surface area contributed by atoms with Crippen molar-refractivity contribution in [2.75, 3.05) is 20.3 Å². The normalized spacial score (nSPS) is 20.0. The van der Waals surface area contributed by atoms with Gasteiger partial charge in [0.15, 0.2) is 17.9 Å². The molecule has 2 fully saturated rings. The van der Waals surface area contributed by atoms with E-state index in [0.29, 0.717) is 24.8 Å². The molecule has 4 aliphatic rings. The minimum absolute atomic E-state index is 0.0568. The van der Waals surface area contributed by atoms with Crippen LogP contribution in [0.4, 0.5) is 4.79 Å². The smallest absolute Gasteiger partial charge is 0.404 e. The van der Waals surface area contributed by atoms with Crippen LogP contribution in [0.5, 0.6) is 17.2 Å². The monoisotopic (exact) mass is 715 g/mol. The maximum Gasteiger partial charge on any atom is 0.404 e. The maximum atomic E-state index is 13.1. The number of hydrogen-bond acceptors (Lipinski definition) is 12. The van der Waals surface area contributed by atoms with Gasteiger partial charge in [-0.1, -0.05) is 46.2 Å². The zero-order valence-electron chi connectivity index (χ0n) is 30.3. The molecule has 2 aromatic carbocycles. The summed E-state index contributed by atoms with van der Waals surface area (Å²) in [7, 11) is 1.38. The molecule has 6 rings (SSSR count). The average molecular weight is 716 g/mol. The van der Waals surface area contributed by atoms with Crippen molar-refractivity contribution in [3.8, 4) is 17.2 Å². The van der Waals surface area contributed by atoms with Gasteiger partial charge in [-0.3, -0.25) is 19.2 Å². The van der Waals surface area contributed by atoms with Gasteiger partial charge >= 0.3 is 6.09 Å². The summed E-state index contributed by atoms with van der Waals surface area (Å²) in [5.74, 6) is -2.41. The number of fused-ring (bicyclic) bond motifs is 3. The van der Waals surface area contributed by atoms with Crippen molar-refractivity contribution >= 4 is 29.2 Å². The number of ether oxygens (including phenoxy) is 3. The number of rotatable bonds is 4. The van der Waals surface area contributed by atoms with Crippen molar-refractivity contribution in [1.29, 1.82) is 0 Å². The van der Waals surface area contributed by atoms with E-state index in [1.807, 2.05) is 13.8 Å². The van der Waals surface area contributed by atoms with E-state index in [2.05, 4.69) is 18.6 Å². The number of primary amides is 1. The first-order valence-electron chi connectivity index (χ1n) is 17.7. The number of nitrogens with two attached hydrogens (primary N) is 1. The van der Waals surface area contributed by atoms with Crippen LogP contribution in [-0.4, -0.2) is 82.4 Å². The van der Waals surface area contributed by atoms with Crippen molar-refractivity contribution in [2.24, 2.45) is 11.7 Å². The predicted octanol–water partition coefficient (Wildman–Crippen LogP) is 5.09. The van der Waals surface area contributed by atoms with Crippen LogP contribution in [0.25, 0.3) is 0 Å². The van der Waals surface area contributed by atoms with Crippen molar-refractivity contribution in [3.63, 3.8) is 0 Å². The van der Waals surface area contributed by atoms with E-state index in [4.69, 9.17) is 25.4 Å². The summed E-state index contributed by atoms with van der Waals surface area (Å²) in [4.78, 5) is 59.2. The van der Waals surface area contributed by atoms with E-state index < -0.39 is 36.5 Å². The number of carbonyl (C=O) groups is 5. The molecule has 3 atom stereocenters. The Morgan fingerprint density at radius 1 is 0.882 bits per heavy atom. The fraction of sp³-hybridized carbons (Fsp3) is 0.553. The van der Waals surface area contributed by atoms with Gasteiger partial charge in [0.1, 0.15) is 35.7 Å². The molecule has 6 N–H and O–H groups in total. The third kappa shape index (κ3) is 11.1. The van der Waals surface area contributed by atoms with Gasteiger partial charge in [-0.2, -0.15) is 0 Å². The van der Waals surface area contributed by atoms with E-state index in [9.17, 15) is 34.2 Å². The molecule has 3 unspecified atom stereocenters. The minimum atomic E-state index is -0.787. The summed E-state index contributed by atoms with van der Waals surface area (Å²) in [6.45, 7) is 8.38. The molecular weight excluding hydrogens is 662 g/mol. The average Bonchev–Trinajstić information content (AvgIpc) is 3.13. The number of benzene rings is 2. The molecule has 1 aliphatic heterocycles. The van der Waals surface area contributed by atoms with E-state index in [0.717, 1.165) is 38.7 Å². The van der Waals surface area contributed by atoms with E-state index in [-0.39, 0.29) is 75.6 Å². The Morgan fingerprint density at radius 3 is 2.06 bits per heavy atom. The lowest BCUT2D eigenvalue weighted by Gasteiger charge is -2.29. The molecule has 51 heavy (non-hydrogen) atoms. The molecule has 1 saturated heterocycles. The van der Waals surface area contributed by atoms with Gasteiger partial charge in [-0.05, 0) is 57.4 Å². The Bertz CT molecular complexity index is 1530. The van der Waals surface area contributed by atoms with Crippen molar-refractivity contribution in [2.45, 2.75) is 111 Å². The maximum absolute atomic E-state index is 13.1. The van der Waals surface area contributed by atoms with Crippen molar-refractivity contribution in [3.05, 3.63) is 51.6 Å². The molecule has 3 aliphatic carbocycles. The second-order valence-corrected chi connectivity index (χ2v) is 12.2. The van der Waals surface area contributed by atoms with Crippen LogP contribution in [0.3, 0.4) is 0 Å². The number of phenols is 2. The number of phenolic OH excluding ortho intramolecular Hbond substituents is 2. The molecule has 1 amide bonds. The van der Waals surface area contributed by atoms with E-state index in [1.54, 1.807) is 12.1 Å². The van der Waals surface area contributed by atoms with Crippen LogP contribution in [0.2, 0.25) is 0 Å². The SMILES string of the molecule is CC.CCC.COc1cccc2c1C(=O)c1c(O)c3c(c(O)c1C2=O)CC(C(=O)CO)CC3.NC(=O)OC1CCCC(=O)C1.OC1CCCCO1. The molecular formula is C38H53NO12. The first-order valence-corrected chi connectivity index (χ1v) is 17.7. The summed E-state index contributed by atoms with van der Waals surface area (Å²) in [5.41, 5.74) is 5.10. The second kappa shape index (κ2) is 21.1. The van der Waals surface area contributed by atoms with Crippen LogP contribution < -0.4 is 10.5 Å². The highest BCUT2D eigenvalue weighted by Crippen LogP contribution is 2.47. The quantitative estimate of drug-likeness (QED) is 0.223. The molecule has 0 spiro atoms. The van der Waals surface area contributed by atoms with Gasteiger partial charge in [-0.15, -0.1) is 0 Å².